The predicted octanol–water partition coefficient (Wildman–Crippen LogP) is 1.65. The van der Waals surface area contributed by atoms with Crippen LogP contribution in [0, 0.1) is 5.92 Å². The van der Waals surface area contributed by atoms with Gasteiger partial charge in [-0.1, -0.05) is 6.92 Å². The highest BCUT2D eigenvalue weighted by Gasteiger charge is 2.22. The monoisotopic (exact) mass is 241 g/mol. The molecule has 1 N–H and O–H groups in total. The van der Waals surface area contributed by atoms with Crippen molar-refractivity contribution in [3.63, 3.8) is 0 Å². The molecule has 0 aromatic heterocycles. The average Bonchev–Trinajstić information content (AvgIpc) is 2.70. The number of hydrogen-bond donors (Lipinski definition) is 1. The maximum Gasteiger partial charge on any atom is 0.0189 e. The van der Waals surface area contributed by atoms with Gasteiger partial charge in [-0.15, -0.1) is 0 Å². The lowest BCUT2D eigenvalue weighted by Gasteiger charge is -2.28. The zero-order chi connectivity index (χ0) is 12.8. The molecule has 0 aliphatic carbocycles. The van der Waals surface area contributed by atoms with Crippen LogP contribution in [0.15, 0.2) is 0 Å². The van der Waals surface area contributed by atoms with Crippen molar-refractivity contribution >= 4 is 0 Å². The molecule has 3 unspecified atom stereocenters. The lowest BCUT2D eigenvalue weighted by Crippen LogP contribution is -2.42. The van der Waals surface area contributed by atoms with E-state index in [1.54, 1.807) is 0 Å². The van der Waals surface area contributed by atoms with Crippen LogP contribution in [-0.2, 0) is 0 Å². The van der Waals surface area contributed by atoms with Crippen LogP contribution in [0.1, 0.15) is 33.6 Å². The second kappa shape index (κ2) is 7.34. The number of rotatable bonds is 7. The zero-order valence-electron chi connectivity index (χ0n) is 12.4. The number of hydrogen-bond acceptors (Lipinski definition) is 3. The molecule has 1 rings (SSSR count). The zero-order valence-corrected chi connectivity index (χ0v) is 12.4. The van der Waals surface area contributed by atoms with Crippen LogP contribution in [-0.4, -0.2) is 62.2 Å². The minimum atomic E-state index is 0.634. The van der Waals surface area contributed by atoms with Crippen molar-refractivity contribution in [2.75, 3.05) is 40.3 Å². The summed E-state index contributed by atoms with van der Waals surface area (Å²) in [6.45, 7) is 11.7. The van der Waals surface area contributed by atoms with E-state index in [9.17, 15) is 0 Å². The Labute approximate surface area is 108 Å². The van der Waals surface area contributed by atoms with Gasteiger partial charge in [0, 0.05) is 31.7 Å². The third kappa shape index (κ3) is 5.36. The molecule has 3 nitrogen and oxygen atoms in total. The Morgan fingerprint density at radius 3 is 2.65 bits per heavy atom. The lowest BCUT2D eigenvalue weighted by molar-refractivity contribution is 0.210. The highest BCUT2D eigenvalue weighted by atomic mass is 15.2. The van der Waals surface area contributed by atoms with Gasteiger partial charge in [0.25, 0.3) is 0 Å². The maximum absolute atomic E-state index is 3.59. The molecule has 1 fully saturated rings. The summed E-state index contributed by atoms with van der Waals surface area (Å²) >= 11 is 0. The standard InChI is InChI=1S/C14H31N3/c1-6-12(2)15-9-13(3)17(5)11-14-7-8-16(4)10-14/h12-15H,6-11H2,1-5H3. The first-order chi connectivity index (χ1) is 8.02. The van der Waals surface area contributed by atoms with Crippen LogP contribution in [0.3, 0.4) is 0 Å². The van der Waals surface area contributed by atoms with Crippen LogP contribution >= 0.6 is 0 Å². The second-order valence-electron chi connectivity index (χ2n) is 5.92. The van der Waals surface area contributed by atoms with Crippen molar-refractivity contribution in [1.82, 2.24) is 15.1 Å². The molecular weight excluding hydrogens is 210 g/mol. The highest BCUT2D eigenvalue weighted by molar-refractivity contribution is 4.78. The topological polar surface area (TPSA) is 18.5 Å². The van der Waals surface area contributed by atoms with E-state index in [1.165, 1.54) is 32.5 Å². The Morgan fingerprint density at radius 2 is 2.12 bits per heavy atom. The molecule has 0 aromatic carbocycles. The minimum Gasteiger partial charge on any atom is -0.313 e. The fourth-order valence-electron chi connectivity index (χ4n) is 2.43. The molecule has 0 amide bonds. The highest BCUT2D eigenvalue weighted by Crippen LogP contribution is 2.15. The quantitative estimate of drug-likeness (QED) is 0.731. The van der Waals surface area contributed by atoms with E-state index in [1.807, 2.05) is 0 Å². The average molecular weight is 241 g/mol. The molecule has 1 heterocycles. The van der Waals surface area contributed by atoms with Gasteiger partial charge in [0.2, 0.25) is 0 Å². The Morgan fingerprint density at radius 1 is 1.41 bits per heavy atom. The molecule has 0 radical (unpaired) electrons. The van der Waals surface area contributed by atoms with Gasteiger partial charge in [-0.25, -0.2) is 0 Å². The first-order valence-electron chi connectivity index (χ1n) is 7.15. The fourth-order valence-corrected chi connectivity index (χ4v) is 2.43. The van der Waals surface area contributed by atoms with Gasteiger partial charge < -0.3 is 15.1 Å². The number of likely N-dealkylation sites (N-methyl/N-ethyl adjacent to an activating group) is 1. The normalized spacial score (nSPS) is 25.4. The molecule has 102 valence electrons. The summed E-state index contributed by atoms with van der Waals surface area (Å²) in [5, 5.41) is 3.59. The Kier molecular flexibility index (Phi) is 6.45. The second-order valence-corrected chi connectivity index (χ2v) is 5.92. The van der Waals surface area contributed by atoms with Crippen molar-refractivity contribution in [3.8, 4) is 0 Å². The van der Waals surface area contributed by atoms with Gasteiger partial charge in [0.15, 0.2) is 0 Å². The summed E-state index contributed by atoms with van der Waals surface area (Å²) in [7, 11) is 4.50. The van der Waals surface area contributed by atoms with Crippen LogP contribution in [0.5, 0.6) is 0 Å². The van der Waals surface area contributed by atoms with Crippen molar-refractivity contribution in [3.05, 3.63) is 0 Å². The van der Waals surface area contributed by atoms with E-state index in [0.29, 0.717) is 12.1 Å². The molecule has 0 spiro atoms. The largest absolute Gasteiger partial charge is 0.313 e. The van der Waals surface area contributed by atoms with Gasteiger partial charge in [0.05, 0.1) is 0 Å². The summed E-state index contributed by atoms with van der Waals surface area (Å²) < 4.78 is 0. The van der Waals surface area contributed by atoms with E-state index in [4.69, 9.17) is 0 Å². The summed E-state index contributed by atoms with van der Waals surface area (Å²) in [6, 6.07) is 1.28. The van der Waals surface area contributed by atoms with Crippen molar-refractivity contribution in [1.29, 1.82) is 0 Å². The molecule has 0 bridgehead atoms. The van der Waals surface area contributed by atoms with Gasteiger partial charge in [-0.2, -0.15) is 0 Å². The molecule has 3 atom stereocenters. The summed E-state index contributed by atoms with van der Waals surface area (Å²) in [6.07, 6.45) is 2.58. The molecule has 1 saturated heterocycles. The molecule has 0 saturated carbocycles. The molecule has 17 heavy (non-hydrogen) atoms. The molecule has 1 aliphatic rings. The number of nitrogens with one attached hydrogen (secondary N) is 1. The number of nitrogens with zero attached hydrogens (tertiary/aromatic N) is 2. The maximum atomic E-state index is 3.59. The van der Waals surface area contributed by atoms with Gasteiger partial charge in [-0.3, -0.25) is 0 Å². The third-order valence-corrected chi connectivity index (χ3v) is 4.16. The first kappa shape index (κ1) is 14.9. The lowest BCUT2D eigenvalue weighted by atomic mass is 10.1. The van der Waals surface area contributed by atoms with Crippen molar-refractivity contribution in [2.24, 2.45) is 5.92 Å². The Bertz CT molecular complexity index is 208. The van der Waals surface area contributed by atoms with E-state index in [2.05, 4.69) is 50.0 Å². The van der Waals surface area contributed by atoms with Crippen molar-refractivity contribution in [2.45, 2.75) is 45.7 Å². The number of likely N-dealkylation sites (tertiary alicyclic amines) is 1. The van der Waals surface area contributed by atoms with E-state index in [0.717, 1.165) is 12.5 Å². The van der Waals surface area contributed by atoms with Gasteiger partial charge in [0.1, 0.15) is 0 Å². The van der Waals surface area contributed by atoms with Gasteiger partial charge >= 0.3 is 0 Å². The van der Waals surface area contributed by atoms with Crippen LogP contribution in [0.25, 0.3) is 0 Å². The smallest absolute Gasteiger partial charge is 0.0189 e. The summed E-state index contributed by atoms with van der Waals surface area (Å²) in [5.41, 5.74) is 0. The SMILES string of the molecule is CCC(C)NCC(C)N(C)CC1CCN(C)C1. The fraction of sp³-hybridized carbons (Fsp3) is 1.00. The molecule has 3 heteroatoms. The first-order valence-corrected chi connectivity index (χ1v) is 7.15. The molecule has 1 aliphatic heterocycles. The molecular formula is C14H31N3. The predicted molar refractivity (Wildman–Crippen MR) is 75.5 cm³/mol. The van der Waals surface area contributed by atoms with E-state index in [-0.39, 0.29) is 0 Å². The van der Waals surface area contributed by atoms with Crippen LogP contribution in [0.2, 0.25) is 0 Å². The van der Waals surface area contributed by atoms with E-state index >= 15 is 0 Å². The van der Waals surface area contributed by atoms with Crippen molar-refractivity contribution < 1.29 is 0 Å². The third-order valence-electron chi connectivity index (χ3n) is 4.16. The van der Waals surface area contributed by atoms with Gasteiger partial charge in [-0.05, 0) is 53.2 Å². The summed E-state index contributed by atoms with van der Waals surface area (Å²) in [5.74, 6) is 0.871. The van der Waals surface area contributed by atoms with Crippen LogP contribution in [0.4, 0.5) is 0 Å². The van der Waals surface area contributed by atoms with Crippen LogP contribution < -0.4 is 5.32 Å². The molecule has 0 aromatic rings. The van der Waals surface area contributed by atoms with E-state index < -0.39 is 0 Å². The summed E-state index contributed by atoms with van der Waals surface area (Å²) in [4.78, 5) is 4.96. The Hall–Kier alpha value is -0.120. The Balaban J connectivity index is 2.19. The minimum absolute atomic E-state index is 0.634.